The number of rotatable bonds is 6. The predicted molar refractivity (Wildman–Crippen MR) is 195 cm³/mol. The van der Waals surface area contributed by atoms with Crippen molar-refractivity contribution in [2.24, 2.45) is 5.41 Å². The van der Waals surface area contributed by atoms with Crippen molar-refractivity contribution in [1.82, 2.24) is 4.57 Å². The number of benzene rings is 3. The molecule has 0 saturated heterocycles. The number of nitrogens with zero attached hydrogens (tertiary/aromatic N) is 3. The number of thioether (sulfide) groups is 1. The summed E-state index contributed by atoms with van der Waals surface area (Å²) in [7, 11) is 0. The van der Waals surface area contributed by atoms with E-state index in [1.54, 1.807) is 11.3 Å². The normalized spacial score (nSPS) is 17.8. The standard InChI is InChI=1S/C40H38N3OS2/c1-5-41-34-23-32(43-17-15-29-9-7-8-10-33(29)43)12-13-36(34)44-38(41)20-27-19-28(25-40(3,4)24-27)21-39-42(6-2)35-22-30(11-14-37(35)46-39)31-16-18-45-26-31/h7-23,26H,5-6,24-25H2,1-4H3/q+1. The summed E-state index contributed by atoms with van der Waals surface area (Å²) in [6.07, 6.45) is 11.3. The van der Waals surface area contributed by atoms with E-state index in [0.717, 1.165) is 48.6 Å². The summed E-state index contributed by atoms with van der Waals surface area (Å²) < 4.78 is 11.1. The first-order valence-electron chi connectivity index (χ1n) is 16.2. The van der Waals surface area contributed by atoms with Crippen LogP contribution in [-0.2, 0) is 6.54 Å². The third-order valence-corrected chi connectivity index (χ3v) is 11.0. The number of oxazole rings is 1. The second-order valence-electron chi connectivity index (χ2n) is 13.1. The Kier molecular flexibility index (Phi) is 7.30. The van der Waals surface area contributed by atoms with E-state index in [9.17, 15) is 0 Å². The predicted octanol–water partition coefficient (Wildman–Crippen LogP) is 11.0. The molecule has 0 unspecified atom stereocenters. The van der Waals surface area contributed by atoms with E-state index in [1.165, 1.54) is 48.8 Å². The minimum absolute atomic E-state index is 0.151. The summed E-state index contributed by atoms with van der Waals surface area (Å²) in [6, 6.07) is 26.3. The fourth-order valence-corrected chi connectivity index (χ4v) is 8.98. The molecule has 8 rings (SSSR count). The summed E-state index contributed by atoms with van der Waals surface area (Å²) in [5.74, 6) is 0.904. The number of aryl methyl sites for hydroxylation is 1. The number of allylic oxidation sites excluding steroid dienone is 4. The number of anilines is 1. The van der Waals surface area contributed by atoms with Gasteiger partial charge in [0.2, 0.25) is 5.58 Å². The Morgan fingerprint density at radius 2 is 1.83 bits per heavy atom. The summed E-state index contributed by atoms with van der Waals surface area (Å²) in [6.45, 7) is 11.0. The van der Waals surface area contributed by atoms with Crippen LogP contribution >= 0.6 is 23.1 Å². The number of fused-ring (bicyclic) bond motifs is 3. The first-order chi connectivity index (χ1) is 22.4. The summed E-state index contributed by atoms with van der Waals surface area (Å²) in [4.78, 5) is 3.80. The molecule has 6 heteroatoms. The molecule has 0 spiro atoms. The Morgan fingerprint density at radius 3 is 2.65 bits per heavy atom. The monoisotopic (exact) mass is 640 g/mol. The van der Waals surface area contributed by atoms with Gasteiger partial charge >= 0.3 is 5.89 Å². The molecule has 230 valence electrons. The maximum Gasteiger partial charge on any atom is 0.374 e. The molecule has 0 fully saturated rings. The lowest BCUT2D eigenvalue weighted by atomic mass is 9.75. The highest BCUT2D eigenvalue weighted by molar-refractivity contribution is 8.03. The van der Waals surface area contributed by atoms with Gasteiger partial charge in [-0.1, -0.05) is 56.0 Å². The highest BCUT2D eigenvalue weighted by Crippen LogP contribution is 2.49. The zero-order valence-electron chi connectivity index (χ0n) is 26.8. The number of thiophene rings is 1. The quantitative estimate of drug-likeness (QED) is 0.169. The minimum atomic E-state index is 0.151. The zero-order valence-corrected chi connectivity index (χ0v) is 28.4. The fourth-order valence-electron chi connectivity index (χ4n) is 7.13. The molecular formula is C40H38N3OS2+. The molecule has 1 aliphatic heterocycles. The van der Waals surface area contributed by atoms with Gasteiger partial charge in [0, 0.05) is 23.7 Å². The van der Waals surface area contributed by atoms with E-state index in [2.05, 4.69) is 150 Å². The Balaban J connectivity index is 1.14. The number of aromatic nitrogens is 2. The molecule has 2 aliphatic rings. The van der Waals surface area contributed by atoms with Crippen molar-refractivity contribution in [2.75, 3.05) is 11.4 Å². The van der Waals surface area contributed by atoms with Gasteiger partial charge in [-0.2, -0.15) is 15.9 Å². The smallest absolute Gasteiger partial charge is 0.374 e. The SMILES string of the molecule is CCN1/C(=C/C2=CC(=C/c3oc4ccc(-n5ccc6ccccc65)cc4[n+]3CC)/CC(C)(C)C2)Sc2ccc(-c3ccsc3)cc21. The first kappa shape index (κ1) is 29.2. The van der Waals surface area contributed by atoms with Gasteiger partial charge in [0.1, 0.15) is 6.54 Å². The van der Waals surface area contributed by atoms with Gasteiger partial charge in [-0.15, -0.1) is 0 Å². The van der Waals surface area contributed by atoms with Crippen LogP contribution in [0.25, 0.3) is 44.9 Å². The van der Waals surface area contributed by atoms with Crippen LogP contribution in [0.1, 0.15) is 46.4 Å². The molecule has 0 atom stereocenters. The van der Waals surface area contributed by atoms with E-state index in [-0.39, 0.29) is 5.41 Å². The summed E-state index contributed by atoms with van der Waals surface area (Å²) in [5, 5.41) is 6.93. The average Bonchev–Trinajstić information content (AvgIpc) is 3.84. The highest BCUT2D eigenvalue weighted by Gasteiger charge is 2.30. The second-order valence-corrected chi connectivity index (χ2v) is 14.9. The van der Waals surface area contributed by atoms with Crippen molar-refractivity contribution < 1.29 is 8.98 Å². The topological polar surface area (TPSA) is 25.2 Å². The van der Waals surface area contributed by atoms with Crippen LogP contribution in [0.4, 0.5) is 5.69 Å². The van der Waals surface area contributed by atoms with Gasteiger partial charge in [-0.25, -0.2) is 0 Å². The molecule has 1 aliphatic carbocycles. The van der Waals surface area contributed by atoms with Crippen molar-refractivity contribution in [1.29, 1.82) is 0 Å². The van der Waals surface area contributed by atoms with Crippen molar-refractivity contribution in [3.8, 4) is 16.8 Å². The van der Waals surface area contributed by atoms with Gasteiger partial charge in [-0.05, 0) is 119 Å². The maximum absolute atomic E-state index is 6.53. The summed E-state index contributed by atoms with van der Waals surface area (Å²) >= 11 is 3.64. The fraction of sp³-hybridized carbons (Fsp3) is 0.225. The minimum Gasteiger partial charge on any atom is -0.398 e. The first-order valence-corrected chi connectivity index (χ1v) is 17.9. The largest absolute Gasteiger partial charge is 0.398 e. The number of hydrogen-bond acceptors (Lipinski definition) is 4. The van der Waals surface area contributed by atoms with Crippen LogP contribution in [0.3, 0.4) is 0 Å². The van der Waals surface area contributed by atoms with Gasteiger partial charge in [0.25, 0.3) is 5.52 Å². The van der Waals surface area contributed by atoms with Gasteiger partial charge in [0.15, 0.2) is 0 Å². The molecule has 0 radical (unpaired) electrons. The van der Waals surface area contributed by atoms with Crippen LogP contribution < -0.4 is 9.47 Å². The lowest BCUT2D eigenvalue weighted by molar-refractivity contribution is -0.674. The lowest BCUT2D eigenvalue weighted by Gasteiger charge is -2.30. The van der Waals surface area contributed by atoms with Crippen molar-refractivity contribution >= 4 is 56.9 Å². The molecule has 3 aromatic carbocycles. The molecule has 0 amide bonds. The van der Waals surface area contributed by atoms with E-state index >= 15 is 0 Å². The molecule has 0 bridgehead atoms. The van der Waals surface area contributed by atoms with Crippen LogP contribution in [0, 0.1) is 5.41 Å². The Bertz CT molecular complexity index is 2190. The molecule has 6 aromatic rings. The Hall–Kier alpha value is -4.26. The molecule has 0 saturated carbocycles. The van der Waals surface area contributed by atoms with Crippen LogP contribution in [0.5, 0.6) is 0 Å². The van der Waals surface area contributed by atoms with Crippen LogP contribution in [0.2, 0.25) is 0 Å². The molecular weight excluding hydrogens is 603 g/mol. The second kappa shape index (κ2) is 11.5. The molecule has 0 N–H and O–H groups in total. The van der Waals surface area contributed by atoms with Crippen molar-refractivity contribution in [2.45, 2.75) is 52.0 Å². The number of hydrogen-bond donors (Lipinski definition) is 0. The van der Waals surface area contributed by atoms with E-state index in [1.807, 2.05) is 11.8 Å². The highest BCUT2D eigenvalue weighted by atomic mass is 32.2. The molecule has 4 heterocycles. The molecule has 3 aromatic heterocycles. The molecule has 4 nitrogen and oxygen atoms in total. The average molecular weight is 641 g/mol. The van der Waals surface area contributed by atoms with Crippen molar-refractivity contribution in [3.05, 3.63) is 124 Å². The van der Waals surface area contributed by atoms with Crippen LogP contribution in [0.15, 0.2) is 127 Å². The summed E-state index contributed by atoms with van der Waals surface area (Å²) in [5.41, 5.74) is 11.1. The van der Waals surface area contributed by atoms with Crippen LogP contribution in [-0.4, -0.2) is 11.1 Å². The Morgan fingerprint density at radius 1 is 0.935 bits per heavy atom. The third-order valence-electron chi connectivity index (χ3n) is 9.16. The van der Waals surface area contributed by atoms with E-state index in [0.29, 0.717) is 0 Å². The Labute approximate surface area is 279 Å². The zero-order chi connectivity index (χ0) is 31.4. The maximum atomic E-state index is 6.53. The molecule has 46 heavy (non-hydrogen) atoms. The third kappa shape index (κ3) is 5.23. The van der Waals surface area contributed by atoms with Crippen molar-refractivity contribution in [3.63, 3.8) is 0 Å². The number of para-hydroxylation sites is 1. The van der Waals surface area contributed by atoms with Gasteiger partial charge in [0.05, 0.1) is 28.0 Å². The lowest BCUT2D eigenvalue weighted by Crippen LogP contribution is -2.34. The van der Waals surface area contributed by atoms with E-state index < -0.39 is 0 Å². The van der Waals surface area contributed by atoms with E-state index in [4.69, 9.17) is 4.42 Å². The van der Waals surface area contributed by atoms with Gasteiger partial charge in [-0.3, -0.25) is 0 Å². The van der Waals surface area contributed by atoms with Gasteiger partial charge < -0.3 is 13.9 Å².